The first kappa shape index (κ1) is 18.7. The number of benzene rings is 2. The zero-order valence-electron chi connectivity index (χ0n) is 15.6. The highest BCUT2D eigenvalue weighted by Crippen LogP contribution is 2.25. The maximum absolute atomic E-state index is 6.01. The summed E-state index contributed by atoms with van der Waals surface area (Å²) in [6.45, 7) is 4.31. The van der Waals surface area contributed by atoms with Crippen LogP contribution in [0.25, 0.3) is 0 Å². The Hall–Kier alpha value is -2.07. The summed E-state index contributed by atoms with van der Waals surface area (Å²) in [6.07, 6.45) is 6.27. The van der Waals surface area contributed by atoms with Gasteiger partial charge in [-0.25, -0.2) is 0 Å². The summed E-state index contributed by atoms with van der Waals surface area (Å²) in [5.41, 5.74) is 3.54. The van der Waals surface area contributed by atoms with Crippen molar-refractivity contribution >= 4 is 23.0 Å². The molecule has 0 aromatic heterocycles. The van der Waals surface area contributed by atoms with E-state index < -0.39 is 0 Å². The Morgan fingerprint density at radius 2 is 1.81 bits per heavy atom. The molecule has 2 N–H and O–H groups in total. The predicted octanol–water partition coefficient (Wildman–Crippen LogP) is 5.75. The van der Waals surface area contributed by atoms with Crippen LogP contribution < -0.4 is 15.4 Å². The van der Waals surface area contributed by atoms with Crippen molar-refractivity contribution in [1.82, 2.24) is 5.32 Å². The van der Waals surface area contributed by atoms with Crippen LogP contribution >= 0.6 is 12.2 Å². The van der Waals surface area contributed by atoms with Gasteiger partial charge in [0.1, 0.15) is 5.75 Å². The van der Waals surface area contributed by atoms with Gasteiger partial charge in [-0.15, -0.1) is 0 Å². The minimum Gasteiger partial charge on any atom is -0.490 e. The topological polar surface area (TPSA) is 33.3 Å². The SMILES string of the molecule is CC[C@@H](NC(=S)Nc1ccc(OC2CCCC2)cc1)c1ccccc1C. The van der Waals surface area contributed by atoms with E-state index in [1.807, 2.05) is 24.3 Å². The zero-order chi connectivity index (χ0) is 18.4. The third-order valence-electron chi connectivity index (χ3n) is 4.99. The average molecular weight is 369 g/mol. The summed E-state index contributed by atoms with van der Waals surface area (Å²) in [4.78, 5) is 0. The van der Waals surface area contributed by atoms with Gasteiger partial charge >= 0.3 is 0 Å². The van der Waals surface area contributed by atoms with Crippen LogP contribution in [0.3, 0.4) is 0 Å². The lowest BCUT2D eigenvalue weighted by Gasteiger charge is -2.21. The quantitative estimate of drug-likeness (QED) is 0.636. The molecule has 0 saturated heterocycles. The monoisotopic (exact) mass is 368 g/mol. The van der Waals surface area contributed by atoms with Gasteiger partial charge in [-0.3, -0.25) is 0 Å². The summed E-state index contributed by atoms with van der Waals surface area (Å²) in [5, 5.41) is 7.36. The molecule has 26 heavy (non-hydrogen) atoms. The Kier molecular flexibility index (Phi) is 6.51. The summed E-state index contributed by atoms with van der Waals surface area (Å²) in [5.74, 6) is 0.938. The summed E-state index contributed by atoms with van der Waals surface area (Å²) in [7, 11) is 0. The number of hydrogen-bond acceptors (Lipinski definition) is 2. The van der Waals surface area contributed by atoms with Gasteiger partial charge in [-0.05, 0) is 86.6 Å². The molecule has 1 aliphatic rings. The first-order valence-electron chi connectivity index (χ1n) is 9.55. The molecule has 4 heteroatoms. The lowest BCUT2D eigenvalue weighted by atomic mass is 10.00. The van der Waals surface area contributed by atoms with Crippen molar-refractivity contribution in [2.45, 2.75) is 58.1 Å². The molecule has 2 aromatic rings. The van der Waals surface area contributed by atoms with E-state index in [0.29, 0.717) is 11.2 Å². The van der Waals surface area contributed by atoms with Crippen LogP contribution in [0.1, 0.15) is 56.2 Å². The Morgan fingerprint density at radius 3 is 2.46 bits per heavy atom. The molecule has 1 aliphatic carbocycles. The van der Waals surface area contributed by atoms with Gasteiger partial charge in [0.15, 0.2) is 5.11 Å². The first-order chi connectivity index (χ1) is 12.7. The second-order valence-electron chi connectivity index (χ2n) is 6.96. The minimum absolute atomic E-state index is 0.209. The molecule has 0 heterocycles. The van der Waals surface area contributed by atoms with Crippen LogP contribution in [0, 0.1) is 6.92 Å². The molecule has 1 fully saturated rings. The van der Waals surface area contributed by atoms with Crippen LogP contribution in [-0.4, -0.2) is 11.2 Å². The van der Waals surface area contributed by atoms with Gasteiger partial charge in [0.2, 0.25) is 0 Å². The summed E-state index contributed by atoms with van der Waals surface area (Å²) >= 11 is 5.52. The van der Waals surface area contributed by atoms with Crippen molar-refractivity contribution in [3.05, 3.63) is 59.7 Å². The van der Waals surface area contributed by atoms with Gasteiger partial charge in [-0.1, -0.05) is 31.2 Å². The number of hydrogen-bond donors (Lipinski definition) is 2. The molecular weight excluding hydrogens is 340 g/mol. The van der Waals surface area contributed by atoms with E-state index in [4.69, 9.17) is 17.0 Å². The normalized spacial score (nSPS) is 15.5. The Labute approximate surface area is 162 Å². The van der Waals surface area contributed by atoms with Crippen LogP contribution in [-0.2, 0) is 0 Å². The standard InChI is InChI=1S/C22H28N2OS/c1-3-21(20-11-7-4-8-16(20)2)24-22(26)23-17-12-14-19(15-13-17)25-18-9-5-6-10-18/h4,7-8,11-15,18,21H,3,5-6,9-10H2,1-2H3,(H2,23,24,26)/t21-/m1/s1. The maximum Gasteiger partial charge on any atom is 0.171 e. The molecule has 0 amide bonds. The average Bonchev–Trinajstić information content (AvgIpc) is 3.15. The van der Waals surface area contributed by atoms with Crippen molar-refractivity contribution in [1.29, 1.82) is 0 Å². The summed E-state index contributed by atoms with van der Waals surface area (Å²) in [6, 6.07) is 16.7. The van der Waals surface area contributed by atoms with E-state index >= 15 is 0 Å². The molecular formula is C22H28N2OS. The summed E-state index contributed by atoms with van der Waals surface area (Å²) < 4.78 is 6.01. The zero-order valence-corrected chi connectivity index (χ0v) is 16.4. The van der Waals surface area contributed by atoms with Crippen molar-refractivity contribution in [3.8, 4) is 5.75 Å². The molecule has 1 saturated carbocycles. The van der Waals surface area contributed by atoms with E-state index in [2.05, 4.69) is 48.7 Å². The fourth-order valence-electron chi connectivity index (χ4n) is 3.52. The largest absolute Gasteiger partial charge is 0.490 e. The first-order valence-corrected chi connectivity index (χ1v) is 9.96. The molecule has 0 unspecified atom stereocenters. The number of aryl methyl sites for hydroxylation is 1. The van der Waals surface area contributed by atoms with Gasteiger partial charge in [0, 0.05) is 5.69 Å². The number of ether oxygens (including phenoxy) is 1. The second-order valence-corrected chi connectivity index (χ2v) is 7.37. The van der Waals surface area contributed by atoms with E-state index in [1.165, 1.54) is 36.8 Å². The fraction of sp³-hybridized carbons (Fsp3) is 0.409. The van der Waals surface area contributed by atoms with E-state index in [1.54, 1.807) is 0 Å². The lowest BCUT2D eigenvalue weighted by Crippen LogP contribution is -2.32. The van der Waals surface area contributed by atoms with Crippen LogP contribution in [0.2, 0.25) is 0 Å². The van der Waals surface area contributed by atoms with Crippen LogP contribution in [0.15, 0.2) is 48.5 Å². The molecule has 0 aliphatic heterocycles. The van der Waals surface area contributed by atoms with E-state index in [9.17, 15) is 0 Å². The van der Waals surface area contributed by atoms with Crippen molar-refractivity contribution in [2.75, 3.05) is 5.32 Å². The van der Waals surface area contributed by atoms with Crippen molar-refractivity contribution in [3.63, 3.8) is 0 Å². The number of rotatable bonds is 6. The smallest absolute Gasteiger partial charge is 0.171 e. The third kappa shape index (κ3) is 4.98. The van der Waals surface area contributed by atoms with Crippen LogP contribution in [0.4, 0.5) is 5.69 Å². The highest BCUT2D eigenvalue weighted by Gasteiger charge is 2.16. The Morgan fingerprint density at radius 1 is 1.12 bits per heavy atom. The highest BCUT2D eigenvalue weighted by atomic mass is 32.1. The van der Waals surface area contributed by atoms with E-state index in [0.717, 1.165) is 17.9 Å². The molecule has 3 nitrogen and oxygen atoms in total. The molecule has 3 rings (SSSR count). The van der Waals surface area contributed by atoms with Crippen molar-refractivity contribution in [2.24, 2.45) is 0 Å². The Bertz CT molecular complexity index is 723. The van der Waals surface area contributed by atoms with Gasteiger partial charge in [-0.2, -0.15) is 0 Å². The lowest BCUT2D eigenvalue weighted by molar-refractivity contribution is 0.210. The minimum atomic E-state index is 0.209. The van der Waals surface area contributed by atoms with E-state index in [-0.39, 0.29) is 6.04 Å². The Balaban J connectivity index is 1.56. The molecule has 0 radical (unpaired) electrons. The molecule has 0 bridgehead atoms. The van der Waals surface area contributed by atoms with Gasteiger partial charge < -0.3 is 15.4 Å². The van der Waals surface area contributed by atoms with Crippen LogP contribution in [0.5, 0.6) is 5.75 Å². The maximum atomic E-state index is 6.01. The third-order valence-corrected chi connectivity index (χ3v) is 5.21. The second kappa shape index (κ2) is 9.04. The highest BCUT2D eigenvalue weighted by molar-refractivity contribution is 7.80. The van der Waals surface area contributed by atoms with Gasteiger partial charge in [0.25, 0.3) is 0 Å². The number of thiocarbonyl (C=S) groups is 1. The number of nitrogens with one attached hydrogen (secondary N) is 2. The fourth-order valence-corrected chi connectivity index (χ4v) is 3.78. The molecule has 0 spiro atoms. The number of anilines is 1. The molecule has 1 atom stereocenters. The predicted molar refractivity (Wildman–Crippen MR) is 113 cm³/mol. The van der Waals surface area contributed by atoms with Gasteiger partial charge in [0.05, 0.1) is 12.1 Å². The molecule has 138 valence electrons. The van der Waals surface area contributed by atoms with Crippen molar-refractivity contribution < 1.29 is 4.74 Å². The molecule has 2 aromatic carbocycles.